The van der Waals surface area contributed by atoms with E-state index in [1.54, 1.807) is 4.90 Å². The Hall–Kier alpha value is -3.12. The van der Waals surface area contributed by atoms with E-state index < -0.39 is 0 Å². The van der Waals surface area contributed by atoms with Gasteiger partial charge in [-0.15, -0.1) is 0 Å². The van der Waals surface area contributed by atoms with Crippen molar-refractivity contribution in [1.82, 2.24) is 9.80 Å². The predicted octanol–water partition coefficient (Wildman–Crippen LogP) is 5.38. The van der Waals surface area contributed by atoms with Gasteiger partial charge in [0.25, 0.3) is 5.91 Å². The molecular weight excluding hydrogens is 504 g/mol. The van der Waals surface area contributed by atoms with Crippen LogP contribution in [0.25, 0.3) is 0 Å². The first kappa shape index (κ1) is 25.0. The van der Waals surface area contributed by atoms with Crippen LogP contribution in [0, 0.1) is 0 Å². The lowest BCUT2D eigenvalue weighted by Gasteiger charge is -2.33. The van der Waals surface area contributed by atoms with Crippen LogP contribution in [0.15, 0.2) is 83.3 Å². The molecule has 0 aliphatic carbocycles. The van der Waals surface area contributed by atoms with Gasteiger partial charge in [-0.25, -0.2) is 0 Å². The smallest absolute Gasteiger partial charge is 0.257 e. The molecular formula is C29H31BrN2O3. The number of fused-ring (bicyclic) bond motifs is 1. The average molecular weight is 535 g/mol. The molecule has 2 amide bonds. The van der Waals surface area contributed by atoms with Crippen molar-refractivity contribution in [3.8, 4) is 5.75 Å². The summed E-state index contributed by atoms with van der Waals surface area (Å²) in [4.78, 5) is 30.4. The first-order valence-corrected chi connectivity index (χ1v) is 12.9. The molecule has 1 heterocycles. The van der Waals surface area contributed by atoms with Crippen molar-refractivity contribution in [2.24, 2.45) is 0 Å². The van der Waals surface area contributed by atoms with Gasteiger partial charge in [0.2, 0.25) is 5.91 Å². The van der Waals surface area contributed by atoms with Gasteiger partial charge in [0.1, 0.15) is 12.4 Å². The van der Waals surface area contributed by atoms with Gasteiger partial charge < -0.3 is 14.5 Å². The van der Waals surface area contributed by atoms with Gasteiger partial charge in [0, 0.05) is 24.6 Å². The zero-order valence-electron chi connectivity index (χ0n) is 20.0. The lowest BCUT2D eigenvalue weighted by Crippen LogP contribution is -2.46. The van der Waals surface area contributed by atoms with Crippen molar-refractivity contribution in [2.75, 3.05) is 26.7 Å². The number of halogens is 1. The summed E-state index contributed by atoms with van der Waals surface area (Å²) >= 11 is 3.58. The van der Waals surface area contributed by atoms with Gasteiger partial charge >= 0.3 is 0 Å². The average Bonchev–Trinajstić information content (AvgIpc) is 2.87. The van der Waals surface area contributed by atoms with Crippen LogP contribution < -0.4 is 4.74 Å². The van der Waals surface area contributed by atoms with Crippen LogP contribution >= 0.6 is 15.9 Å². The van der Waals surface area contributed by atoms with Gasteiger partial charge in [0.05, 0.1) is 18.0 Å². The van der Waals surface area contributed by atoms with E-state index in [4.69, 9.17) is 4.74 Å². The summed E-state index contributed by atoms with van der Waals surface area (Å²) < 4.78 is 7.21. The Labute approximate surface area is 215 Å². The fraction of sp³-hybridized carbons (Fsp3) is 0.310. The quantitative estimate of drug-likeness (QED) is 0.451. The van der Waals surface area contributed by atoms with Crippen molar-refractivity contribution in [3.05, 3.63) is 100 Å². The summed E-state index contributed by atoms with van der Waals surface area (Å²) in [5.41, 5.74) is 2.68. The van der Waals surface area contributed by atoms with Crippen LogP contribution in [0.1, 0.15) is 34.3 Å². The molecule has 1 aliphatic rings. The standard InChI is InChI=1S/C29H31BrN2O3/c1-31-17-9-10-18-32(28(33)20-23-13-5-7-15-26(23)30)24(19-22-11-3-2-4-12-22)21-35-27-16-8-6-14-25(27)29(31)34/h2-8,11-16,24H,9-10,17-21H2,1H3/t24-/m0/s1. The third kappa shape index (κ3) is 6.51. The number of hydrogen-bond donors (Lipinski definition) is 0. The lowest BCUT2D eigenvalue weighted by atomic mass is 10.0. The molecule has 0 N–H and O–H groups in total. The maximum Gasteiger partial charge on any atom is 0.257 e. The molecule has 3 aromatic rings. The summed E-state index contributed by atoms with van der Waals surface area (Å²) in [7, 11) is 1.82. The molecule has 0 saturated heterocycles. The number of amides is 2. The number of nitrogens with zero attached hydrogens (tertiary/aromatic N) is 2. The first-order chi connectivity index (χ1) is 17.0. The molecule has 0 radical (unpaired) electrons. The largest absolute Gasteiger partial charge is 0.491 e. The van der Waals surface area contributed by atoms with E-state index in [0.717, 1.165) is 28.4 Å². The Bertz CT molecular complexity index is 1150. The first-order valence-electron chi connectivity index (χ1n) is 12.1. The molecule has 35 heavy (non-hydrogen) atoms. The fourth-order valence-corrected chi connectivity index (χ4v) is 4.88. The molecule has 5 nitrogen and oxygen atoms in total. The van der Waals surface area contributed by atoms with Crippen molar-refractivity contribution in [1.29, 1.82) is 0 Å². The van der Waals surface area contributed by atoms with Gasteiger partial charge in [-0.3, -0.25) is 9.59 Å². The topological polar surface area (TPSA) is 49.9 Å². The predicted molar refractivity (Wildman–Crippen MR) is 142 cm³/mol. The summed E-state index contributed by atoms with van der Waals surface area (Å²) in [5, 5.41) is 0. The maximum atomic E-state index is 13.7. The molecule has 1 atom stereocenters. The highest BCUT2D eigenvalue weighted by Crippen LogP contribution is 2.23. The minimum atomic E-state index is -0.160. The molecule has 0 bridgehead atoms. The van der Waals surface area contributed by atoms with Crippen LogP contribution in [-0.2, 0) is 17.6 Å². The summed E-state index contributed by atoms with van der Waals surface area (Å²) in [6.45, 7) is 1.56. The van der Waals surface area contributed by atoms with Crippen LogP contribution in [0.5, 0.6) is 5.75 Å². The van der Waals surface area contributed by atoms with Crippen LogP contribution in [-0.4, -0.2) is 54.4 Å². The van der Waals surface area contributed by atoms with E-state index in [9.17, 15) is 9.59 Å². The van der Waals surface area contributed by atoms with Crippen molar-refractivity contribution < 1.29 is 14.3 Å². The van der Waals surface area contributed by atoms with Gasteiger partial charge in [-0.2, -0.15) is 0 Å². The Morgan fingerprint density at radius 1 is 0.943 bits per heavy atom. The van der Waals surface area contributed by atoms with Crippen LogP contribution in [0.4, 0.5) is 0 Å². The minimum absolute atomic E-state index is 0.0392. The molecule has 182 valence electrons. The lowest BCUT2D eigenvalue weighted by molar-refractivity contribution is -0.133. The second kappa shape index (κ2) is 12.0. The van der Waals surface area contributed by atoms with E-state index >= 15 is 0 Å². The molecule has 0 unspecified atom stereocenters. The highest BCUT2D eigenvalue weighted by Gasteiger charge is 2.27. The normalized spacial score (nSPS) is 17.1. The number of rotatable bonds is 4. The van der Waals surface area contributed by atoms with E-state index in [1.165, 1.54) is 0 Å². The third-order valence-electron chi connectivity index (χ3n) is 6.41. The zero-order valence-corrected chi connectivity index (χ0v) is 21.6. The summed E-state index contributed by atoms with van der Waals surface area (Å²) in [5.74, 6) is 0.597. The van der Waals surface area contributed by atoms with Gasteiger partial charge in [-0.05, 0) is 48.6 Å². The van der Waals surface area contributed by atoms with Crippen LogP contribution in [0.3, 0.4) is 0 Å². The minimum Gasteiger partial charge on any atom is -0.491 e. The zero-order chi connectivity index (χ0) is 24.6. The molecule has 1 aliphatic heterocycles. The van der Waals surface area contributed by atoms with Gasteiger partial charge in [0.15, 0.2) is 0 Å². The van der Waals surface area contributed by atoms with Crippen LogP contribution in [0.2, 0.25) is 0 Å². The molecule has 0 fully saturated rings. The fourth-order valence-electron chi connectivity index (χ4n) is 4.46. The Kier molecular flexibility index (Phi) is 8.59. The molecule has 4 rings (SSSR count). The van der Waals surface area contributed by atoms with Crippen molar-refractivity contribution in [3.63, 3.8) is 0 Å². The van der Waals surface area contributed by atoms with E-state index in [-0.39, 0.29) is 17.9 Å². The van der Waals surface area contributed by atoms with E-state index in [2.05, 4.69) is 28.1 Å². The molecule has 3 aromatic carbocycles. The monoisotopic (exact) mass is 534 g/mol. The highest BCUT2D eigenvalue weighted by molar-refractivity contribution is 9.10. The second-order valence-corrected chi connectivity index (χ2v) is 9.79. The second-order valence-electron chi connectivity index (χ2n) is 8.94. The number of para-hydroxylation sites is 1. The van der Waals surface area contributed by atoms with E-state index in [1.807, 2.05) is 78.7 Å². The Morgan fingerprint density at radius 2 is 1.63 bits per heavy atom. The number of hydrogen-bond acceptors (Lipinski definition) is 3. The summed E-state index contributed by atoms with van der Waals surface area (Å²) in [6.07, 6.45) is 2.63. The van der Waals surface area contributed by atoms with Crippen molar-refractivity contribution >= 4 is 27.7 Å². The maximum absolute atomic E-state index is 13.7. The number of benzene rings is 3. The van der Waals surface area contributed by atoms with Crippen molar-refractivity contribution in [2.45, 2.75) is 31.7 Å². The highest BCUT2D eigenvalue weighted by atomic mass is 79.9. The SMILES string of the molecule is CN1CCCCN(C(=O)Cc2ccccc2Br)[C@@H](Cc2ccccc2)COc2ccccc2C1=O. The number of ether oxygens (including phenoxy) is 1. The molecule has 6 heteroatoms. The Balaban J connectivity index is 1.65. The summed E-state index contributed by atoms with van der Waals surface area (Å²) in [6, 6.07) is 25.3. The number of carbonyl (C=O) groups excluding carboxylic acids is 2. The molecule has 0 spiro atoms. The molecule has 0 aromatic heterocycles. The Morgan fingerprint density at radius 3 is 2.43 bits per heavy atom. The third-order valence-corrected chi connectivity index (χ3v) is 7.19. The number of carbonyl (C=O) groups is 2. The molecule has 0 saturated carbocycles. The van der Waals surface area contributed by atoms with E-state index in [0.29, 0.717) is 43.9 Å². The van der Waals surface area contributed by atoms with Gasteiger partial charge in [-0.1, -0.05) is 76.6 Å².